The summed E-state index contributed by atoms with van der Waals surface area (Å²) in [6.45, 7) is 10.3. The first-order valence-electron chi connectivity index (χ1n) is 5.11. The highest BCUT2D eigenvalue weighted by Crippen LogP contribution is 2.39. The molecule has 0 aromatic rings. The Balaban J connectivity index is 2.12. The summed E-state index contributed by atoms with van der Waals surface area (Å²) in [5.41, 5.74) is 0.215. The minimum absolute atomic E-state index is 0.215. The van der Waals surface area contributed by atoms with E-state index in [1.54, 1.807) is 0 Å². The predicted octanol–water partition coefficient (Wildman–Crippen LogP) is 1.44. The SMILES string of the molecule is CCCN1CC2(C)COC1(C)OC2. The normalized spacial score (nSPS) is 45.5. The lowest BCUT2D eigenvalue weighted by Crippen LogP contribution is -2.67. The molecule has 0 aliphatic carbocycles. The topological polar surface area (TPSA) is 21.7 Å². The van der Waals surface area contributed by atoms with Crippen LogP contribution < -0.4 is 0 Å². The minimum atomic E-state index is -0.437. The van der Waals surface area contributed by atoms with Gasteiger partial charge in [0, 0.05) is 25.4 Å². The quantitative estimate of drug-likeness (QED) is 0.649. The molecule has 2 bridgehead atoms. The summed E-state index contributed by atoms with van der Waals surface area (Å²) in [5, 5.41) is 0. The Morgan fingerprint density at radius 3 is 2.38 bits per heavy atom. The second-order valence-corrected chi connectivity index (χ2v) is 4.71. The molecule has 0 radical (unpaired) electrons. The van der Waals surface area contributed by atoms with Crippen LogP contribution in [0.4, 0.5) is 0 Å². The summed E-state index contributed by atoms with van der Waals surface area (Å²) >= 11 is 0. The molecule has 0 aromatic carbocycles. The third-order valence-corrected chi connectivity index (χ3v) is 3.02. The van der Waals surface area contributed by atoms with Crippen LogP contribution in [0.3, 0.4) is 0 Å². The highest BCUT2D eigenvalue weighted by molar-refractivity contribution is 4.90. The van der Waals surface area contributed by atoms with Gasteiger partial charge in [0.05, 0.1) is 13.2 Å². The lowest BCUT2D eigenvalue weighted by atomic mass is 9.88. The van der Waals surface area contributed by atoms with Crippen molar-refractivity contribution in [2.75, 3.05) is 26.3 Å². The molecule has 3 rings (SSSR count). The Labute approximate surface area is 80.0 Å². The fourth-order valence-electron chi connectivity index (χ4n) is 2.13. The van der Waals surface area contributed by atoms with Crippen LogP contribution in [0.15, 0.2) is 0 Å². The summed E-state index contributed by atoms with van der Waals surface area (Å²) in [5.74, 6) is -0.437. The third kappa shape index (κ3) is 1.49. The van der Waals surface area contributed by atoms with Gasteiger partial charge in [0.1, 0.15) is 0 Å². The molecular weight excluding hydrogens is 166 g/mol. The molecule has 0 spiro atoms. The number of rotatable bonds is 2. The van der Waals surface area contributed by atoms with E-state index >= 15 is 0 Å². The molecule has 76 valence electrons. The lowest BCUT2D eigenvalue weighted by molar-refractivity contribution is -0.398. The van der Waals surface area contributed by atoms with Crippen molar-refractivity contribution in [3.63, 3.8) is 0 Å². The van der Waals surface area contributed by atoms with Crippen molar-refractivity contribution >= 4 is 0 Å². The lowest BCUT2D eigenvalue weighted by Gasteiger charge is -2.56. The van der Waals surface area contributed by atoms with Crippen molar-refractivity contribution in [3.05, 3.63) is 0 Å². The number of fused-ring (bicyclic) bond motifs is 3. The van der Waals surface area contributed by atoms with Crippen LogP contribution in [0.1, 0.15) is 27.2 Å². The van der Waals surface area contributed by atoms with Gasteiger partial charge in [-0.05, 0) is 6.42 Å². The predicted molar refractivity (Wildman–Crippen MR) is 50.3 cm³/mol. The van der Waals surface area contributed by atoms with Crippen LogP contribution in [0, 0.1) is 5.41 Å². The first kappa shape index (κ1) is 9.44. The zero-order chi connectivity index (χ0) is 9.53. The molecule has 3 nitrogen and oxygen atoms in total. The van der Waals surface area contributed by atoms with Crippen molar-refractivity contribution in [2.24, 2.45) is 5.41 Å². The van der Waals surface area contributed by atoms with Crippen LogP contribution in [0.25, 0.3) is 0 Å². The van der Waals surface area contributed by atoms with Crippen molar-refractivity contribution in [1.82, 2.24) is 4.90 Å². The summed E-state index contributed by atoms with van der Waals surface area (Å²) in [6, 6.07) is 0. The van der Waals surface area contributed by atoms with Gasteiger partial charge in [-0.15, -0.1) is 0 Å². The average Bonchev–Trinajstić information content (AvgIpc) is 2.09. The third-order valence-electron chi connectivity index (χ3n) is 3.02. The van der Waals surface area contributed by atoms with Crippen LogP contribution in [-0.4, -0.2) is 37.1 Å². The van der Waals surface area contributed by atoms with Crippen LogP contribution in [-0.2, 0) is 9.47 Å². The Bertz CT molecular complexity index is 197. The van der Waals surface area contributed by atoms with Gasteiger partial charge in [0.25, 0.3) is 0 Å². The number of ether oxygens (including phenoxy) is 2. The standard InChI is InChI=1S/C10H19NO2/c1-4-5-11-6-9(2)7-12-10(11,3)13-8-9/h4-8H2,1-3H3. The van der Waals surface area contributed by atoms with Gasteiger partial charge in [0.15, 0.2) is 0 Å². The molecule has 3 heteroatoms. The molecule has 3 aliphatic heterocycles. The molecule has 3 heterocycles. The Morgan fingerprint density at radius 2 is 1.85 bits per heavy atom. The van der Waals surface area contributed by atoms with Gasteiger partial charge in [0.2, 0.25) is 5.91 Å². The van der Waals surface area contributed by atoms with Crippen molar-refractivity contribution in [3.8, 4) is 0 Å². The van der Waals surface area contributed by atoms with E-state index in [0.29, 0.717) is 0 Å². The fraction of sp³-hybridized carbons (Fsp3) is 1.00. The molecule has 3 aliphatic rings. The maximum absolute atomic E-state index is 5.74. The smallest absolute Gasteiger partial charge is 0.227 e. The van der Waals surface area contributed by atoms with Crippen LogP contribution in [0.2, 0.25) is 0 Å². The van der Waals surface area contributed by atoms with E-state index in [4.69, 9.17) is 9.47 Å². The van der Waals surface area contributed by atoms with Gasteiger partial charge in [-0.1, -0.05) is 13.8 Å². The molecule has 0 saturated carbocycles. The summed E-state index contributed by atoms with van der Waals surface area (Å²) < 4.78 is 11.5. The summed E-state index contributed by atoms with van der Waals surface area (Å²) in [7, 11) is 0. The average molecular weight is 185 g/mol. The molecule has 13 heavy (non-hydrogen) atoms. The van der Waals surface area contributed by atoms with Crippen molar-refractivity contribution in [2.45, 2.75) is 33.1 Å². The van der Waals surface area contributed by atoms with E-state index in [-0.39, 0.29) is 5.41 Å². The first-order chi connectivity index (χ1) is 6.08. The van der Waals surface area contributed by atoms with Gasteiger partial charge in [-0.2, -0.15) is 0 Å². The van der Waals surface area contributed by atoms with E-state index in [2.05, 4.69) is 18.7 Å². The second kappa shape index (κ2) is 2.94. The molecule has 0 unspecified atom stereocenters. The molecule has 0 N–H and O–H groups in total. The highest BCUT2D eigenvalue weighted by atomic mass is 16.7. The Morgan fingerprint density at radius 1 is 1.23 bits per heavy atom. The van der Waals surface area contributed by atoms with E-state index in [1.165, 1.54) is 0 Å². The molecule has 0 atom stereocenters. The zero-order valence-corrected chi connectivity index (χ0v) is 8.80. The molecular formula is C10H19NO2. The maximum Gasteiger partial charge on any atom is 0.227 e. The van der Waals surface area contributed by atoms with Gasteiger partial charge < -0.3 is 9.47 Å². The Hall–Kier alpha value is -0.120. The Kier molecular flexibility index (Phi) is 2.13. The molecule has 0 amide bonds. The highest BCUT2D eigenvalue weighted by Gasteiger charge is 2.50. The van der Waals surface area contributed by atoms with E-state index in [9.17, 15) is 0 Å². The first-order valence-corrected chi connectivity index (χ1v) is 5.11. The summed E-state index contributed by atoms with van der Waals surface area (Å²) in [4.78, 5) is 2.31. The summed E-state index contributed by atoms with van der Waals surface area (Å²) in [6.07, 6.45) is 1.15. The fourth-order valence-corrected chi connectivity index (χ4v) is 2.13. The van der Waals surface area contributed by atoms with E-state index in [0.717, 1.165) is 32.7 Å². The van der Waals surface area contributed by atoms with Gasteiger partial charge >= 0.3 is 0 Å². The van der Waals surface area contributed by atoms with Gasteiger partial charge in [-0.3, -0.25) is 4.90 Å². The largest absolute Gasteiger partial charge is 0.337 e. The van der Waals surface area contributed by atoms with Crippen molar-refractivity contribution < 1.29 is 9.47 Å². The monoisotopic (exact) mass is 185 g/mol. The van der Waals surface area contributed by atoms with E-state index in [1.807, 2.05) is 6.92 Å². The number of hydrogen-bond acceptors (Lipinski definition) is 3. The van der Waals surface area contributed by atoms with E-state index < -0.39 is 5.91 Å². The number of nitrogens with zero attached hydrogens (tertiary/aromatic N) is 1. The minimum Gasteiger partial charge on any atom is -0.337 e. The van der Waals surface area contributed by atoms with Gasteiger partial charge in [-0.25, -0.2) is 0 Å². The zero-order valence-electron chi connectivity index (χ0n) is 8.80. The van der Waals surface area contributed by atoms with Crippen LogP contribution in [0.5, 0.6) is 0 Å². The van der Waals surface area contributed by atoms with Crippen molar-refractivity contribution in [1.29, 1.82) is 0 Å². The molecule has 0 aromatic heterocycles. The second-order valence-electron chi connectivity index (χ2n) is 4.71. The molecule has 3 saturated heterocycles. The number of hydrogen-bond donors (Lipinski definition) is 0. The van der Waals surface area contributed by atoms with Crippen LogP contribution >= 0.6 is 0 Å². The molecule has 3 fully saturated rings. The maximum atomic E-state index is 5.74.